The maximum Gasteiger partial charge on any atom is 0.164 e. The van der Waals surface area contributed by atoms with Crippen molar-refractivity contribution in [1.29, 1.82) is 0 Å². The molecule has 4 nitrogen and oxygen atoms in total. The van der Waals surface area contributed by atoms with Crippen LogP contribution >= 0.6 is 0 Å². The van der Waals surface area contributed by atoms with Crippen LogP contribution in [-0.4, -0.2) is 19.5 Å². The number of rotatable bonds is 3. The van der Waals surface area contributed by atoms with Gasteiger partial charge in [-0.2, -0.15) is 0 Å². The summed E-state index contributed by atoms with van der Waals surface area (Å²) in [5, 5.41) is 0. The van der Waals surface area contributed by atoms with E-state index in [4.69, 9.17) is 4.98 Å². The molecule has 0 unspecified atom stereocenters. The lowest BCUT2D eigenvalue weighted by atomic mass is 10.1. The van der Waals surface area contributed by atoms with Crippen LogP contribution in [0, 0.1) is 5.92 Å². The fourth-order valence-electron chi connectivity index (χ4n) is 2.23. The lowest BCUT2D eigenvalue weighted by molar-refractivity contribution is 0.616. The smallest absolute Gasteiger partial charge is 0.164 e. The molecular weight excluding hydrogens is 236 g/mol. The van der Waals surface area contributed by atoms with Crippen LogP contribution in [0.1, 0.15) is 19.7 Å². The molecule has 3 heterocycles. The number of pyridine rings is 2. The highest BCUT2D eigenvalue weighted by Crippen LogP contribution is 2.21. The van der Waals surface area contributed by atoms with Crippen molar-refractivity contribution in [2.45, 2.75) is 20.3 Å². The molecule has 96 valence electrons. The van der Waals surface area contributed by atoms with E-state index in [9.17, 15) is 0 Å². The number of imidazole rings is 1. The number of nitrogens with zero attached hydrogens (tertiary/aromatic N) is 4. The number of hydrogen-bond acceptors (Lipinski definition) is 3. The molecule has 0 saturated heterocycles. The Kier molecular flexibility index (Phi) is 2.99. The fourth-order valence-corrected chi connectivity index (χ4v) is 2.23. The summed E-state index contributed by atoms with van der Waals surface area (Å²) in [5.41, 5.74) is 2.91. The van der Waals surface area contributed by atoms with Crippen molar-refractivity contribution in [2.75, 3.05) is 0 Å². The third kappa shape index (κ3) is 2.21. The van der Waals surface area contributed by atoms with E-state index < -0.39 is 0 Å². The molecule has 3 rings (SSSR count). The molecule has 3 aromatic rings. The van der Waals surface area contributed by atoms with Crippen LogP contribution in [0.4, 0.5) is 0 Å². The van der Waals surface area contributed by atoms with Gasteiger partial charge < -0.3 is 0 Å². The molecule has 0 spiro atoms. The van der Waals surface area contributed by atoms with E-state index in [1.807, 2.05) is 24.3 Å². The molecule has 4 heteroatoms. The van der Waals surface area contributed by atoms with Gasteiger partial charge in [0.1, 0.15) is 11.3 Å². The number of fused-ring (bicyclic) bond motifs is 1. The van der Waals surface area contributed by atoms with Gasteiger partial charge in [-0.05, 0) is 30.2 Å². The molecule has 0 aliphatic carbocycles. The largest absolute Gasteiger partial charge is 0.281 e. The summed E-state index contributed by atoms with van der Waals surface area (Å²) in [6.07, 6.45) is 6.33. The molecule has 0 N–H and O–H groups in total. The van der Waals surface area contributed by atoms with Crippen molar-refractivity contribution in [2.24, 2.45) is 5.92 Å². The highest BCUT2D eigenvalue weighted by Gasteiger charge is 2.13. The molecule has 3 aromatic heterocycles. The van der Waals surface area contributed by atoms with Gasteiger partial charge in [0.05, 0.1) is 5.69 Å². The van der Waals surface area contributed by atoms with Crippen LogP contribution < -0.4 is 0 Å². The van der Waals surface area contributed by atoms with Crippen molar-refractivity contribution >= 4 is 11.2 Å². The van der Waals surface area contributed by atoms with Gasteiger partial charge >= 0.3 is 0 Å². The van der Waals surface area contributed by atoms with Crippen molar-refractivity contribution < 1.29 is 0 Å². The van der Waals surface area contributed by atoms with E-state index in [0.29, 0.717) is 5.92 Å². The third-order valence-electron chi connectivity index (χ3n) is 3.00. The van der Waals surface area contributed by atoms with Crippen LogP contribution in [0.5, 0.6) is 0 Å². The maximum absolute atomic E-state index is 4.71. The number of hydrogen-bond donors (Lipinski definition) is 0. The lowest BCUT2D eigenvalue weighted by Gasteiger charge is -2.09. The second-order valence-electron chi connectivity index (χ2n) is 5.01. The average Bonchev–Trinajstić information content (AvgIpc) is 2.76. The van der Waals surface area contributed by atoms with Crippen molar-refractivity contribution in [3.63, 3.8) is 0 Å². The molecule has 0 radical (unpaired) electrons. The summed E-state index contributed by atoms with van der Waals surface area (Å²) >= 11 is 0. The third-order valence-corrected chi connectivity index (χ3v) is 3.00. The zero-order chi connectivity index (χ0) is 13.2. The summed E-state index contributed by atoms with van der Waals surface area (Å²) in [6, 6.07) is 7.90. The Bertz CT molecular complexity index is 686. The second kappa shape index (κ2) is 4.80. The highest BCUT2D eigenvalue weighted by atomic mass is 15.1. The monoisotopic (exact) mass is 252 g/mol. The van der Waals surface area contributed by atoms with Gasteiger partial charge in [0.15, 0.2) is 5.65 Å². The molecule has 0 amide bonds. The Morgan fingerprint density at radius 2 is 1.89 bits per heavy atom. The normalized spacial score (nSPS) is 11.3. The van der Waals surface area contributed by atoms with Gasteiger partial charge in [0, 0.05) is 25.0 Å². The topological polar surface area (TPSA) is 43.6 Å². The van der Waals surface area contributed by atoms with Crippen molar-refractivity contribution in [3.8, 4) is 5.69 Å². The molecular formula is C15H16N4. The van der Waals surface area contributed by atoms with Crippen LogP contribution in [0.15, 0.2) is 42.9 Å². The predicted molar refractivity (Wildman–Crippen MR) is 75.2 cm³/mol. The van der Waals surface area contributed by atoms with E-state index in [1.165, 1.54) is 0 Å². The first kappa shape index (κ1) is 11.8. The second-order valence-corrected chi connectivity index (χ2v) is 5.01. The number of aromatic nitrogens is 4. The minimum atomic E-state index is 0.553. The lowest BCUT2D eigenvalue weighted by Crippen LogP contribution is -2.05. The Morgan fingerprint density at radius 1 is 1.11 bits per heavy atom. The van der Waals surface area contributed by atoms with Gasteiger partial charge in [0.2, 0.25) is 0 Å². The SMILES string of the molecule is CC(C)Cc1nc2cccnc2n1-c1ccncc1. The average molecular weight is 252 g/mol. The first-order chi connectivity index (χ1) is 9.25. The van der Waals surface area contributed by atoms with Crippen LogP contribution in [-0.2, 0) is 6.42 Å². The molecule has 0 aromatic carbocycles. The molecule has 0 aliphatic heterocycles. The van der Waals surface area contributed by atoms with Crippen molar-refractivity contribution in [1.82, 2.24) is 19.5 Å². The van der Waals surface area contributed by atoms with E-state index in [0.717, 1.165) is 29.1 Å². The molecule has 0 fully saturated rings. The Morgan fingerprint density at radius 3 is 2.63 bits per heavy atom. The Hall–Kier alpha value is -2.23. The molecule has 0 saturated carbocycles. The summed E-state index contributed by atoms with van der Waals surface area (Å²) in [4.78, 5) is 13.2. The van der Waals surface area contributed by atoms with Gasteiger partial charge in [-0.3, -0.25) is 9.55 Å². The molecule has 0 aliphatic rings. The van der Waals surface area contributed by atoms with Crippen molar-refractivity contribution in [3.05, 3.63) is 48.7 Å². The molecule has 19 heavy (non-hydrogen) atoms. The minimum Gasteiger partial charge on any atom is -0.281 e. The fraction of sp³-hybridized carbons (Fsp3) is 0.267. The van der Waals surface area contributed by atoms with Gasteiger partial charge in [0.25, 0.3) is 0 Å². The van der Waals surface area contributed by atoms with E-state index in [1.54, 1.807) is 18.6 Å². The Labute approximate surface area is 112 Å². The van der Waals surface area contributed by atoms with Crippen LogP contribution in [0.25, 0.3) is 16.9 Å². The molecule has 0 atom stereocenters. The van der Waals surface area contributed by atoms with Crippen LogP contribution in [0.3, 0.4) is 0 Å². The summed E-state index contributed by atoms with van der Waals surface area (Å²) in [6.45, 7) is 4.40. The summed E-state index contributed by atoms with van der Waals surface area (Å²) in [7, 11) is 0. The Balaban J connectivity index is 2.24. The van der Waals surface area contributed by atoms with E-state index in [-0.39, 0.29) is 0 Å². The molecule has 0 bridgehead atoms. The van der Waals surface area contributed by atoms with Gasteiger partial charge in [-0.25, -0.2) is 9.97 Å². The standard InChI is InChI=1S/C15H16N4/c1-11(2)10-14-18-13-4-3-7-17-15(13)19(14)12-5-8-16-9-6-12/h3-9,11H,10H2,1-2H3. The highest BCUT2D eigenvalue weighted by molar-refractivity contribution is 5.73. The van der Waals surface area contributed by atoms with Gasteiger partial charge in [-0.1, -0.05) is 13.8 Å². The summed E-state index contributed by atoms with van der Waals surface area (Å²) < 4.78 is 2.12. The van der Waals surface area contributed by atoms with Gasteiger partial charge in [-0.15, -0.1) is 0 Å². The predicted octanol–water partition coefficient (Wildman–Crippen LogP) is 3.01. The minimum absolute atomic E-state index is 0.553. The zero-order valence-electron chi connectivity index (χ0n) is 11.1. The first-order valence-electron chi connectivity index (χ1n) is 6.48. The first-order valence-corrected chi connectivity index (χ1v) is 6.48. The summed E-state index contributed by atoms with van der Waals surface area (Å²) in [5.74, 6) is 1.60. The van der Waals surface area contributed by atoms with Crippen LogP contribution in [0.2, 0.25) is 0 Å². The quantitative estimate of drug-likeness (QED) is 0.719. The maximum atomic E-state index is 4.71. The van der Waals surface area contributed by atoms with E-state index >= 15 is 0 Å². The zero-order valence-corrected chi connectivity index (χ0v) is 11.1. The van der Waals surface area contributed by atoms with E-state index in [2.05, 4.69) is 28.4 Å².